The van der Waals surface area contributed by atoms with Gasteiger partial charge in [-0.15, -0.1) is 0 Å². The van der Waals surface area contributed by atoms with Crippen LogP contribution in [0, 0.1) is 0 Å². The Morgan fingerprint density at radius 2 is 1.76 bits per heavy atom. The Hall–Kier alpha value is -0.340. The van der Waals surface area contributed by atoms with E-state index >= 15 is 0 Å². The maximum absolute atomic E-state index is 9.47. The van der Waals surface area contributed by atoms with Gasteiger partial charge >= 0.3 is 0 Å². The lowest BCUT2D eigenvalue weighted by Crippen LogP contribution is -2.57. The normalized spacial score (nSPS) is 31.7. The summed E-state index contributed by atoms with van der Waals surface area (Å²) in [5, 5.41) is 10.4. The van der Waals surface area contributed by atoms with Crippen molar-refractivity contribution in [3.05, 3.63) is 0 Å². The van der Waals surface area contributed by atoms with Crippen molar-refractivity contribution in [3.63, 3.8) is 0 Å². The summed E-state index contributed by atoms with van der Waals surface area (Å²) < 4.78 is 18.7. The van der Waals surface area contributed by atoms with Crippen LogP contribution in [0.3, 0.4) is 0 Å². The van der Waals surface area contributed by atoms with Gasteiger partial charge in [0.1, 0.15) is 23.7 Å². The second kappa shape index (κ2) is 10.7. The Morgan fingerprint density at radius 3 is 2.32 bits per heavy atom. The SMILES string of the molecule is CCCCO[C@@H]1[C@H]2N=C(N(C)C)S[C@H]2O[C@H](CCO)[C@H]1OCCCC. The fourth-order valence-electron chi connectivity index (χ4n) is 3.09. The Morgan fingerprint density at radius 1 is 1.12 bits per heavy atom. The molecule has 25 heavy (non-hydrogen) atoms. The van der Waals surface area contributed by atoms with Gasteiger partial charge in [0, 0.05) is 33.9 Å². The van der Waals surface area contributed by atoms with Crippen LogP contribution in [0.25, 0.3) is 0 Å². The lowest BCUT2D eigenvalue weighted by atomic mass is 9.95. The van der Waals surface area contributed by atoms with Gasteiger partial charge in [0.05, 0.1) is 6.10 Å². The number of unbranched alkanes of at least 4 members (excludes halogenated alkanes) is 2. The quantitative estimate of drug-likeness (QED) is 0.593. The van der Waals surface area contributed by atoms with E-state index in [1.807, 2.05) is 19.0 Å². The number of hydrogen-bond donors (Lipinski definition) is 1. The third-order valence-corrected chi connectivity index (χ3v) is 5.81. The summed E-state index contributed by atoms with van der Waals surface area (Å²) in [6, 6.07) is -0.0548. The number of rotatable bonds is 10. The van der Waals surface area contributed by atoms with E-state index in [0.29, 0.717) is 19.6 Å². The van der Waals surface area contributed by atoms with E-state index in [1.54, 1.807) is 11.8 Å². The van der Waals surface area contributed by atoms with Crippen molar-refractivity contribution >= 4 is 16.9 Å². The lowest BCUT2D eigenvalue weighted by molar-refractivity contribution is -0.194. The highest BCUT2D eigenvalue weighted by molar-refractivity contribution is 8.14. The molecule has 6 nitrogen and oxygen atoms in total. The third kappa shape index (κ3) is 5.57. The molecule has 0 amide bonds. The number of fused-ring (bicyclic) bond motifs is 1. The minimum absolute atomic E-state index is 0.0548. The number of aliphatic imine (C=N–C) groups is 1. The van der Waals surface area contributed by atoms with Crippen molar-refractivity contribution < 1.29 is 19.3 Å². The topological polar surface area (TPSA) is 63.5 Å². The molecule has 1 fully saturated rings. The molecule has 0 bridgehead atoms. The highest BCUT2D eigenvalue weighted by Crippen LogP contribution is 2.40. The highest BCUT2D eigenvalue weighted by Gasteiger charge is 2.50. The van der Waals surface area contributed by atoms with Gasteiger partial charge in [0.25, 0.3) is 0 Å². The second-order valence-electron chi connectivity index (χ2n) is 6.85. The zero-order valence-electron chi connectivity index (χ0n) is 16.0. The van der Waals surface area contributed by atoms with E-state index in [9.17, 15) is 5.11 Å². The Kier molecular flexibility index (Phi) is 8.99. The third-order valence-electron chi connectivity index (χ3n) is 4.51. The minimum Gasteiger partial charge on any atom is -0.396 e. The van der Waals surface area contributed by atoms with Crippen LogP contribution in [0.1, 0.15) is 46.0 Å². The molecule has 146 valence electrons. The molecular weight excluding hydrogens is 340 g/mol. The Balaban J connectivity index is 2.16. The number of ether oxygens (including phenoxy) is 3. The van der Waals surface area contributed by atoms with Gasteiger partial charge in [-0.3, -0.25) is 4.99 Å². The van der Waals surface area contributed by atoms with E-state index < -0.39 is 0 Å². The van der Waals surface area contributed by atoms with Crippen molar-refractivity contribution in [2.24, 2.45) is 4.99 Å². The first-order valence-corrected chi connectivity index (χ1v) is 10.4. The molecule has 2 heterocycles. The standard InChI is InChI=1S/C18H34N2O4S/c1-5-7-11-22-15-13(9-10-21)24-17-14(16(15)23-12-8-6-2)19-18(25-17)20(3)4/h13-17,21H,5-12H2,1-4H3/t13-,14-,15-,16-,17-/m1/s1. The monoisotopic (exact) mass is 374 g/mol. The molecular formula is C18H34N2O4S. The molecule has 2 aliphatic rings. The molecule has 2 rings (SSSR count). The van der Waals surface area contributed by atoms with Gasteiger partial charge in [-0.25, -0.2) is 0 Å². The largest absolute Gasteiger partial charge is 0.396 e. The average Bonchev–Trinajstić information content (AvgIpc) is 3.01. The van der Waals surface area contributed by atoms with Gasteiger partial charge < -0.3 is 24.2 Å². The average molecular weight is 375 g/mol. The first-order chi connectivity index (χ1) is 12.1. The summed E-state index contributed by atoms with van der Waals surface area (Å²) in [7, 11) is 3.99. The molecule has 0 aromatic rings. The van der Waals surface area contributed by atoms with Crippen LogP contribution in [0.4, 0.5) is 0 Å². The molecule has 0 aliphatic carbocycles. The van der Waals surface area contributed by atoms with Crippen LogP contribution in [-0.2, 0) is 14.2 Å². The maximum atomic E-state index is 9.47. The summed E-state index contributed by atoms with van der Waals surface area (Å²) in [5.41, 5.74) is -0.0633. The van der Waals surface area contributed by atoms with Gasteiger partial charge in [-0.2, -0.15) is 0 Å². The number of thioether (sulfide) groups is 1. The molecule has 0 spiro atoms. The first kappa shape index (κ1) is 21.0. The van der Waals surface area contributed by atoms with Gasteiger partial charge in [-0.1, -0.05) is 38.5 Å². The van der Waals surface area contributed by atoms with Crippen molar-refractivity contribution in [2.45, 2.75) is 75.7 Å². The van der Waals surface area contributed by atoms with Crippen molar-refractivity contribution in [2.75, 3.05) is 33.9 Å². The minimum atomic E-state index is -0.178. The molecule has 5 atom stereocenters. The van der Waals surface area contributed by atoms with E-state index in [-0.39, 0.29) is 36.4 Å². The molecule has 2 aliphatic heterocycles. The predicted octanol–water partition coefficient (Wildman–Crippen LogP) is 2.50. The molecule has 0 unspecified atom stereocenters. The molecule has 7 heteroatoms. The zero-order chi connectivity index (χ0) is 18.2. The summed E-state index contributed by atoms with van der Waals surface area (Å²) in [5.74, 6) is 0. The van der Waals surface area contributed by atoms with Crippen LogP contribution in [0.2, 0.25) is 0 Å². The fraction of sp³-hybridized carbons (Fsp3) is 0.944. The van der Waals surface area contributed by atoms with Crippen LogP contribution >= 0.6 is 11.8 Å². The predicted molar refractivity (Wildman–Crippen MR) is 102 cm³/mol. The Labute approximate surface area is 156 Å². The number of hydrogen-bond acceptors (Lipinski definition) is 7. The molecule has 1 saturated heterocycles. The number of amidine groups is 1. The summed E-state index contributed by atoms with van der Waals surface area (Å²) in [4.78, 5) is 6.87. The molecule has 0 aromatic carbocycles. The molecule has 0 aromatic heterocycles. The molecule has 0 saturated carbocycles. The highest BCUT2D eigenvalue weighted by atomic mass is 32.2. The van der Waals surface area contributed by atoms with Crippen LogP contribution in [-0.4, -0.2) is 78.9 Å². The van der Waals surface area contributed by atoms with Crippen molar-refractivity contribution in [1.29, 1.82) is 0 Å². The number of nitrogens with zero attached hydrogens (tertiary/aromatic N) is 2. The van der Waals surface area contributed by atoms with E-state index in [4.69, 9.17) is 19.2 Å². The summed E-state index contributed by atoms with van der Waals surface area (Å²) >= 11 is 1.64. The van der Waals surface area contributed by atoms with Crippen LogP contribution < -0.4 is 0 Å². The smallest absolute Gasteiger partial charge is 0.161 e. The second-order valence-corrected chi connectivity index (χ2v) is 7.91. The Bertz CT molecular complexity index is 422. The van der Waals surface area contributed by atoms with Gasteiger partial charge in [0.15, 0.2) is 5.17 Å². The summed E-state index contributed by atoms with van der Waals surface area (Å²) in [6.45, 7) is 5.80. The van der Waals surface area contributed by atoms with Crippen molar-refractivity contribution in [3.8, 4) is 0 Å². The zero-order valence-corrected chi connectivity index (χ0v) is 16.8. The van der Waals surface area contributed by atoms with Crippen molar-refractivity contribution in [1.82, 2.24) is 4.90 Å². The number of aliphatic hydroxyl groups is 1. The summed E-state index contributed by atoms with van der Waals surface area (Å²) in [6.07, 6.45) is 4.33. The van der Waals surface area contributed by atoms with E-state index in [0.717, 1.165) is 30.9 Å². The fourth-order valence-corrected chi connectivity index (χ4v) is 4.24. The van der Waals surface area contributed by atoms with E-state index in [1.165, 1.54) is 0 Å². The van der Waals surface area contributed by atoms with Crippen LogP contribution in [0.5, 0.6) is 0 Å². The number of aliphatic hydroxyl groups excluding tert-OH is 1. The van der Waals surface area contributed by atoms with Crippen LogP contribution in [0.15, 0.2) is 4.99 Å². The van der Waals surface area contributed by atoms with Gasteiger partial charge in [0.2, 0.25) is 0 Å². The first-order valence-electron chi connectivity index (χ1n) is 9.53. The maximum Gasteiger partial charge on any atom is 0.161 e. The molecule has 1 N–H and O–H groups in total. The van der Waals surface area contributed by atoms with E-state index in [2.05, 4.69) is 13.8 Å². The lowest BCUT2D eigenvalue weighted by Gasteiger charge is -2.42. The van der Waals surface area contributed by atoms with Gasteiger partial charge in [-0.05, 0) is 19.3 Å². The molecule has 0 radical (unpaired) electrons.